The molecule has 1 aliphatic rings. The molecule has 0 unspecified atom stereocenters. The van der Waals surface area contributed by atoms with Gasteiger partial charge in [-0.05, 0) is 49.4 Å². The number of rotatable bonds is 6. The van der Waals surface area contributed by atoms with Gasteiger partial charge in [-0.3, -0.25) is 4.98 Å². The zero-order valence-corrected chi connectivity index (χ0v) is 19.5. The molecule has 2 N–H and O–H groups in total. The maximum absolute atomic E-state index is 5.49. The predicted molar refractivity (Wildman–Crippen MR) is 135 cm³/mol. The normalized spacial score (nSPS) is 13.9. The minimum Gasteiger partial charge on any atom is -0.378 e. The van der Waals surface area contributed by atoms with Gasteiger partial charge >= 0.3 is 0 Å². The first-order chi connectivity index (χ1) is 17.2. The molecule has 1 saturated heterocycles. The van der Waals surface area contributed by atoms with Crippen LogP contribution in [0.3, 0.4) is 0 Å². The van der Waals surface area contributed by atoms with Crippen molar-refractivity contribution in [1.82, 2.24) is 29.5 Å². The largest absolute Gasteiger partial charge is 0.378 e. The highest BCUT2D eigenvalue weighted by Crippen LogP contribution is 2.30. The molecule has 4 aromatic heterocycles. The Morgan fingerprint density at radius 3 is 2.80 bits per heavy atom. The van der Waals surface area contributed by atoms with Crippen LogP contribution < -0.4 is 10.2 Å². The Kier molecular flexibility index (Phi) is 5.59. The number of anilines is 2. The number of nitrogens with zero attached hydrogens (tertiary/aromatic N) is 6. The number of aromatic amines is 1. The smallest absolute Gasteiger partial charge is 0.155 e. The van der Waals surface area contributed by atoms with Gasteiger partial charge in [-0.25, -0.2) is 14.5 Å². The third kappa shape index (κ3) is 4.45. The van der Waals surface area contributed by atoms with Gasteiger partial charge in [0.2, 0.25) is 0 Å². The number of morpholine rings is 1. The minimum atomic E-state index is 0.553. The van der Waals surface area contributed by atoms with Gasteiger partial charge in [0.25, 0.3) is 0 Å². The van der Waals surface area contributed by atoms with Gasteiger partial charge in [-0.2, -0.15) is 5.10 Å². The first kappa shape index (κ1) is 21.3. The fraction of sp³-hybridized carbons (Fsp3) is 0.231. The fourth-order valence-electron chi connectivity index (χ4n) is 4.36. The van der Waals surface area contributed by atoms with E-state index in [1.807, 2.05) is 43.5 Å². The lowest BCUT2D eigenvalue weighted by Crippen LogP contribution is -2.36. The highest BCUT2D eigenvalue weighted by atomic mass is 16.5. The molecular formula is C26H26N8O. The molecule has 0 bridgehead atoms. The van der Waals surface area contributed by atoms with E-state index in [9.17, 15) is 0 Å². The highest BCUT2D eigenvalue weighted by Gasteiger charge is 2.17. The standard InChI is InChI=1S/C26H26N8O/c1-18-4-2-7-22(30-18)26-25(19-8-9-24-28-17-29-34(24)16-19)31-23(32-26)15-27-20-5-3-6-21(14-20)33-10-12-35-13-11-33/h2-9,14,16-17,27H,10-13,15H2,1H3,(H,31,32). The van der Waals surface area contributed by atoms with Crippen molar-refractivity contribution < 1.29 is 4.74 Å². The van der Waals surface area contributed by atoms with E-state index in [-0.39, 0.29) is 0 Å². The number of hydrogen-bond donors (Lipinski definition) is 2. The summed E-state index contributed by atoms with van der Waals surface area (Å²) >= 11 is 0. The Morgan fingerprint density at radius 2 is 1.91 bits per heavy atom. The average molecular weight is 467 g/mol. The molecule has 6 rings (SSSR count). The van der Waals surface area contributed by atoms with Crippen LogP contribution in [-0.4, -0.2) is 55.9 Å². The van der Waals surface area contributed by atoms with E-state index in [1.54, 1.807) is 10.8 Å². The lowest BCUT2D eigenvalue weighted by Gasteiger charge is -2.29. The molecule has 5 heterocycles. The van der Waals surface area contributed by atoms with Gasteiger partial charge in [-0.15, -0.1) is 0 Å². The summed E-state index contributed by atoms with van der Waals surface area (Å²) in [5, 5.41) is 7.80. The SMILES string of the molecule is Cc1cccc(-c2[nH]c(CNc3cccc(N4CCOCC4)c3)nc2-c2ccc3ncnn3c2)n1. The minimum absolute atomic E-state index is 0.553. The van der Waals surface area contributed by atoms with Crippen molar-refractivity contribution in [2.75, 3.05) is 36.5 Å². The zero-order valence-electron chi connectivity index (χ0n) is 19.5. The van der Waals surface area contributed by atoms with Crippen molar-refractivity contribution in [3.05, 3.63) is 78.6 Å². The van der Waals surface area contributed by atoms with Gasteiger partial charge in [0.1, 0.15) is 12.2 Å². The Bertz CT molecular complexity index is 1470. The van der Waals surface area contributed by atoms with Crippen LogP contribution in [0.1, 0.15) is 11.5 Å². The summed E-state index contributed by atoms with van der Waals surface area (Å²) in [6, 6.07) is 18.4. The van der Waals surface area contributed by atoms with Crippen LogP contribution in [0.2, 0.25) is 0 Å². The second-order valence-electron chi connectivity index (χ2n) is 8.56. The molecule has 0 atom stereocenters. The summed E-state index contributed by atoms with van der Waals surface area (Å²) in [5.41, 5.74) is 7.50. The summed E-state index contributed by atoms with van der Waals surface area (Å²) in [6.45, 7) is 5.90. The van der Waals surface area contributed by atoms with E-state index in [1.165, 1.54) is 5.69 Å². The molecule has 35 heavy (non-hydrogen) atoms. The molecule has 0 spiro atoms. The van der Waals surface area contributed by atoms with Crippen molar-refractivity contribution >= 4 is 17.0 Å². The third-order valence-electron chi connectivity index (χ3n) is 6.13. The van der Waals surface area contributed by atoms with Crippen LogP contribution >= 0.6 is 0 Å². The van der Waals surface area contributed by atoms with Gasteiger partial charge in [-0.1, -0.05) is 12.1 Å². The number of nitrogens with one attached hydrogen (secondary N) is 2. The van der Waals surface area contributed by atoms with Crippen molar-refractivity contribution in [2.24, 2.45) is 0 Å². The van der Waals surface area contributed by atoms with E-state index in [2.05, 4.69) is 49.5 Å². The summed E-state index contributed by atoms with van der Waals surface area (Å²) < 4.78 is 7.24. The third-order valence-corrected chi connectivity index (χ3v) is 6.13. The Morgan fingerprint density at radius 1 is 1.03 bits per heavy atom. The average Bonchev–Trinajstić information content (AvgIpc) is 3.55. The lowest BCUT2D eigenvalue weighted by molar-refractivity contribution is 0.122. The maximum Gasteiger partial charge on any atom is 0.155 e. The van der Waals surface area contributed by atoms with Gasteiger partial charge in [0.05, 0.1) is 36.8 Å². The molecule has 9 nitrogen and oxygen atoms in total. The summed E-state index contributed by atoms with van der Waals surface area (Å²) in [4.78, 5) is 19.8. The Labute approximate surface area is 202 Å². The first-order valence-electron chi connectivity index (χ1n) is 11.7. The zero-order chi connectivity index (χ0) is 23.6. The molecule has 0 aliphatic carbocycles. The molecule has 1 fully saturated rings. The molecule has 1 aromatic carbocycles. The van der Waals surface area contributed by atoms with Crippen molar-refractivity contribution in [2.45, 2.75) is 13.5 Å². The molecule has 0 radical (unpaired) electrons. The number of fused-ring (bicyclic) bond motifs is 1. The van der Waals surface area contributed by atoms with Crippen LogP contribution in [0.5, 0.6) is 0 Å². The lowest BCUT2D eigenvalue weighted by atomic mass is 10.1. The second-order valence-corrected chi connectivity index (χ2v) is 8.56. The molecule has 176 valence electrons. The molecule has 5 aromatic rings. The monoisotopic (exact) mass is 466 g/mol. The number of aryl methyl sites for hydroxylation is 1. The van der Waals surface area contributed by atoms with Crippen LogP contribution in [0.4, 0.5) is 11.4 Å². The van der Waals surface area contributed by atoms with Gasteiger partial charge in [0, 0.05) is 41.9 Å². The number of aromatic nitrogens is 6. The maximum atomic E-state index is 5.49. The Balaban J connectivity index is 1.30. The van der Waals surface area contributed by atoms with E-state index in [0.717, 1.165) is 71.8 Å². The fourth-order valence-corrected chi connectivity index (χ4v) is 4.36. The Hall–Kier alpha value is -4.24. The van der Waals surface area contributed by atoms with Crippen LogP contribution in [0.15, 0.2) is 67.1 Å². The van der Waals surface area contributed by atoms with Crippen LogP contribution in [0, 0.1) is 6.92 Å². The van der Waals surface area contributed by atoms with Crippen molar-refractivity contribution in [3.8, 4) is 22.6 Å². The second kappa shape index (κ2) is 9.19. The van der Waals surface area contributed by atoms with Crippen LogP contribution in [-0.2, 0) is 11.3 Å². The summed E-state index contributed by atoms with van der Waals surface area (Å²) in [6.07, 6.45) is 3.49. The number of H-pyrrole nitrogens is 1. The van der Waals surface area contributed by atoms with E-state index >= 15 is 0 Å². The predicted octanol–water partition coefficient (Wildman–Crippen LogP) is 3.94. The molecular weight excluding hydrogens is 440 g/mol. The van der Waals surface area contributed by atoms with Crippen LogP contribution in [0.25, 0.3) is 28.3 Å². The van der Waals surface area contributed by atoms with Gasteiger partial charge in [0.15, 0.2) is 5.65 Å². The van der Waals surface area contributed by atoms with E-state index < -0.39 is 0 Å². The number of benzene rings is 1. The summed E-state index contributed by atoms with van der Waals surface area (Å²) in [7, 11) is 0. The first-order valence-corrected chi connectivity index (χ1v) is 11.7. The number of hydrogen-bond acceptors (Lipinski definition) is 7. The molecule has 1 aliphatic heterocycles. The van der Waals surface area contributed by atoms with Gasteiger partial charge < -0.3 is 19.9 Å². The quantitative estimate of drug-likeness (QED) is 0.391. The topological polar surface area (TPSA) is 96.3 Å². The number of pyridine rings is 2. The van der Waals surface area contributed by atoms with Crippen molar-refractivity contribution in [1.29, 1.82) is 0 Å². The molecule has 0 amide bonds. The van der Waals surface area contributed by atoms with Crippen molar-refractivity contribution in [3.63, 3.8) is 0 Å². The number of imidazole rings is 1. The van der Waals surface area contributed by atoms with E-state index in [0.29, 0.717) is 6.54 Å². The number of ether oxygens (including phenoxy) is 1. The van der Waals surface area contributed by atoms with E-state index in [4.69, 9.17) is 14.7 Å². The summed E-state index contributed by atoms with van der Waals surface area (Å²) in [5.74, 6) is 0.828. The highest BCUT2D eigenvalue weighted by molar-refractivity contribution is 5.77. The molecule has 0 saturated carbocycles. The molecule has 9 heteroatoms.